The lowest BCUT2D eigenvalue weighted by atomic mass is 10.2. The smallest absolute Gasteiger partial charge is 0.258 e. The van der Waals surface area contributed by atoms with Gasteiger partial charge in [-0.15, -0.1) is 0 Å². The van der Waals surface area contributed by atoms with E-state index in [1.165, 1.54) is 0 Å². The van der Waals surface area contributed by atoms with E-state index >= 15 is 0 Å². The minimum absolute atomic E-state index is 0.0317. The zero-order valence-corrected chi connectivity index (χ0v) is 10.5. The molecule has 4 heteroatoms. The van der Waals surface area contributed by atoms with Crippen LogP contribution >= 0.6 is 0 Å². The predicted molar refractivity (Wildman–Crippen MR) is 70.5 cm³/mol. The van der Waals surface area contributed by atoms with Gasteiger partial charge in [0.15, 0.2) is 6.61 Å². The van der Waals surface area contributed by atoms with Crippen molar-refractivity contribution in [1.29, 1.82) is 0 Å². The van der Waals surface area contributed by atoms with E-state index in [9.17, 15) is 4.79 Å². The molecule has 1 heterocycles. The SMILES string of the molecule is CC(C)NC(=O)COc1ccc2ncccc2c1. The fraction of sp³-hybridized carbons (Fsp3) is 0.286. The molecule has 1 N–H and O–H groups in total. The van der Waals surface area contributed by atoms with E-state index < -0.39 is 0 Å². The summed E-state index contributed by atoms with van der Waals surface area (Å²) in [7, 11) is 0. The van der Waals surface area contributed by atoms with E-state index in [0.717, 1.165) is 10.9 Å². The number of pyridine rings is 1. The second-order valence-corrected chi connectivity index (χ2v) is 4.37. The second-order valence-electron chi connectivity index (χ2n) is 4.37. The molecule has 0 radical (unpaired) electrons. The highest BCUT2D eigenvalue weighted by atomic mass is 16.5. The molecule has 1 aromatic heterocycles. The third kappa shape index (κ3) is 3.20. The fourth-order valence-corrected chi connectivity index (χ4v) is 1.66. The van der Waals surface area contributed by atoms with Crippen LogP contribution in [0.15, 0.2) is 36.5 Å². The zero-order chi connectivity index (χ0) is 13.0. The van der Waals surface area contributed by atoms with Crippen LogP contribution in [0.5, 0.6) is 5.75 Å². The standard InChI is InChI=1S/C14H16N2O2/c1-10(2)16-14(17)9-18-12-5-6-13-11(8-12)4-3-7-15-13/h3-8,10H,9H2,1-2H3,(H,16,17). The largest absolute Gasteiger partial charge is 0.484 e. The van der Waals surface area contributed by atoms with E-state index in [1.807, 2.05) is 44.2 Å². The number of hydrogen-bond donors (Lipinski definition) is 1. The lowest BCUT2D eigenvalue weighted by molar-refractivity contribution is -0.123. The van der Waals surface area contributed by atoms with Crippen LogP contribution in [0.25, 0.3) is 10.9 Å². The van der Waals surface area contributed by atoms with Crippen LogP contribution in [0, 0.1) is 0 Å². The maximum Gasteiger partial charge on any atom is 0.258 e. The topological polar surface area (TPSA) is 51.2 Å². The molecule has 0 aliphatic carbocycles. The van der Waals surface area contributed by atoms with Gasteiger partial charge >= 0.3 is 0 Å². The molecule has 0 saturated heterocycles. The van der Waals surface area contributed by atoms with Gasteiger partial charge in [-0.1, -0.05) is 6.07 Å². The summed E-state index contributed by atoms with van der Waals surface area (Å²) in [5, 5.41) is 3.77. The molecule has 2 aromatic rings. The molecule has 1 aromatic carbocycles. The fourth-order valence-electron chi connectivity index (χ4n) is 1.66. The number of ether oxygens (including phenoxy) is 1. The molecule has 94 valence electrons. The van der Waals surface area contributed by atoms with Gasteiger partial charge in [-0.2, -0.15) is 0 Å². The molecule has 0 atom stereocenters. The summed E-state index contributed by atoms with van der Waals surface area (Å²) >= 11 is 0. The number of carbonyl (C=O) groups excluding carboxylic acids is 1. The molecule has 18 heavy (non-hydrogen) atoms. The Balaban J connectivity index is 2.01. The van der Waals surface area contributed by atoms with Crippen LogP contribution in [0.3, 0.4) is 0 Å². The van der Waals surface area contributed by atoms with Crippen LogP contribution in [-0.4, -0.2) is 23.5 Å². The molecule has 0 spiro atoms. The van der Waals surface area contributed by atoms with Crippen molar-refractivity contribution in [2.24, 2.45) is 0 Å². The monoisotopic (exact) mass is 244 g/mol. The Morgan fingerprint density at radius 1 is 1.39 bits per heavy atom. The molecule has 0 aliphatic heterocycles. The van der Waals surface area contributed by atoms with Crippen LogP contribution in [0.2, 0.25) is 0 Å². The Morgan fingerprint density at radius 2 is 2.22 bits per heavy atom. The average molecular weight is 244 g/mol. The third-order valence-electron chi connectivity index (χ3n) is 2.39. The predicted octanol–water partition coefficient (Wildman–Crippen LogP) is 2.14. The number of fused-ring (bicyclic) bond motifs is 1. The first-order valence-corrected chi connectivity index (χ1v) is 5.92. The number of carbonyl (C=O) groups is 1. The van der Waals surface area contributed by atoms with E-state index in [4.69, 9.17) is 4.74 Å². The molecule has 0 bridgehead atoms. The van der Waals surface area contributed by atoms with Crippen molar-refractivity contribution in [1.82, 2.24) is 10.3 Å². The molecular formula is C14H16N2O2. The van der Waals surface area contributed by atoms with Crippen molar-refractivity contribution < 1.29 is 9.53 Å². The average Bonchev–Trinajstić information content (AvgIpc) is 2.35. The molecule has 0 saturated carbocycles. The molecule has 0 aliphatic rings. The summed E-state index contributed by atoms with van der Waals surface area (Å²) in [6.07, 6.45) is 1.75. The Kier molecular flexibility index (Phi) is 3.77. The summed E-state index contributed by atoms with van der Waals surface area (Å²) in [6.45, 7) is 3.86. The first-order chi connectivity index (χ1) is 8.65. The van der Waals surface area contributed by atoms with Crippen molar-refractivity contribution in [2.45, 2.75) is 19.9 Å². The van der Waals surface area contributed by atoms with Gasteiger partial charge in [-0.05, 0) is 38.1 Å². The van der Waals surface area contributed by atoms with E-state index in [1.54, 1.807) is 6.20 Å². The number of nitrogens with zero attached hydrogens (tertiary/aromatic N) is 1. The van der Waals surface area contributed by atoms with Gasteiger partial charge in [0.05, 0.1) is 5.52 Å². The molecule has 4 nitrogen and oxygen atoms in total. The highest BCUT2D eigenvalue weighted by Gasteiger charge is 2.04. The number of amides is 1. The van der Waals surface area contributed by atoms with Gasteiger partial charge in [0.1, 0.15) is 5.75 Å². The summed E-state index contributed by atoms with van der Waals surface area (Å²) in [5.41, 5.74) is 0.913. The normalized spacial score (nSPS) is 10.6. The van der Waals surface area contributed by atoms with Crippen LogP contribution in [-0.2, 0) is 4.79 Å². The molecular weight excluding hydrogens is 228 g/mol. The lowest BCUT2D eigenvalue weighted by Crippen LogP contribution is -2.34. The van der Waals surface area contributed by atoms with Crippen molar-refractivity contribution in [3.63, 3.8) is 0 Å². The number of aromatic nitrogens is 1. The van der Waals surface area contributed by atoms with Gasteiger partial charge in [-0.25, -0.2) is 0 Å². The molecule has 2 rings (SSSR count). The highest BCUT2D eigenvalue weighted by Crippen LogP contribution is 2.18. The first kappa shape index (κ1) is 12.4. The third-order valence-corrected chi connectivity index (χ3v) is 2.39. The van der Waals surface area contributed by atoms with Crippen molar-refractivity contribution in [2.75, 3.05) is 6.61 Å². The Hall–Kier alpha value is -2.10. The molecule has 0 fully saturated rings. The van der Waals surface area contributed by atoms with Gasteiger partial charge in [0, 0.05) is 17.6 Å². The highest BCUT2D eigenvalue weighted by molar-refractivity contribution is 5.80. The van der Waals surface area contributed by atoms with Crippen LogP contribution < -0.4 is 10.1 Å². The van der Waals surface area contributed by atoms with Gasteiger partial charge in [0.2, 0.25) is 0 Å². The minimum Gasteiger partial charge on any atom is -0.484 e. The van der Waals surface area contributed by atoms with Crippen molar-refractivity contribution in [3.05, 3.63) is 36.5 Å². The van der Waals surface area contributed by atoms with E-state index in [-0.39, 0.29) is 18.6 Å². The number of rotatable bonds is 4. The number of hydrogen-bond acceptors (Lipinski definition) is 3. The maximum atomic E-state index is 11.4. The number of benzene rings is 1. The zero-order valence-electron chi connectivity index (χ0n) is 10.5. The van der Waals surface area contributed by atoms with Gasteiger partial charge in [-0.3, -0.25) is 9.78 Å². The van der Waals surface area contributed by atoms with Gasteiger partial charge in [0.25, 0.3) is 5.91 Å². The van der Waals surface area contributed by atoms with E-state index in [2.05, 4.69) is 10.3 Å². The Labute approximate surface area is 106 Å². The Morgan fingerprint density at radius 3 is 3.00 bits per heavy atom. The quantitative estimate of drug-likeness (QED) is 0.896. The number of nitrogens with one attached hydrogen (secondary N) is 1. The summed E-state index contributed by atoms with van der Waals surface area (Å²) < 4.78 is 5.44. The van der Waals surface area contributed by atoms with Gasteiger partial charge < -0.3 is 10.1 Å². The summed E-state index contributed by atoms with van der Waals surface area (Å²) in [6, 6.07) is 9.54. The van der Waals surface area contributed by atoms with Crippen LogP contribution in [0.4, 0.5) is 0 Å². The minimum atomic E-state index is -0.115. The van der Waals surface area contributed by atoms with E-state index in [0.29, 0.717) is 5.75 Å². The molecule has 0 unspecified atom stereocenters. The second kappa shape index (κ2) is 5.49. The summed E-state index contributed by atoms with van der Waals surface area (Å²) in [5.74, 6) is 0.561. The van der Waals surface area contributed by atoms with Crippen molar-refractivity contribution >= 4 is 16.8 Å². The maximum absolute atomic E-state index is 11.4. The lowest BCUT2D eigenvalue weighted by Gasteiger charge is -2.10. The first-order valence-electron chi connectivity index (χ1n) is 5.92. The molecule has 1 amide bonds. The van der Waals surface area contributed by atoms with Crippen LogP contribution in [0.1, 0.15) is 13.8 Å². The Bertz CT molecular complexity index is 552. The van der Waals surface area contributed by atoms with Crippen molar-refractivity contribution in [3.8, 4) is 5.75 Å². The summed E-state index contributed by atoms with van der Waals surface area (Å²) in [4.78, 5) is 15.7.